The summed E-state index contributed by atoms with van der Waals surface area (Å²) in [5.41, 5.74) is 0. The number of carbonyl (C=O) groups is 2. The highest BCUT2D eigenvalue weighted by molar-refractivity contribution is 6.26. The van der Waals surface area contributed by atoms with Crippen LogP contribution in [-0.4, -0.2) is 22.9 Å². The highest BCUT2D eigenvalue weighted by Gasteiger charge is 2.11. The molecule has 0 aliphatic rings. The van der Waals surface area contributed by atoms with Crippen molar-refractivity contribution in [3.05, 3.63) is 11.8 Å². The second-order valence-electron chi connectivity index (χ2n) is 1.89. The molecule has 0 aromatic heterocycles. The van der Waals surface area contributed by atoms with E-state index in [9.17, 15) is 9.59 Å². The Bertz CT molecular complexity index is 209. The average Bonchev–Trinajstić information content (AvgIpc) is 2.03. The Balaban J connectivity index is 4.24. The number of esters is 1. The quantitative estimate of drug-likeness (QED) is 0.314. The lowest BCUT2D eigenvalue weighted by Gasteiger charge is -2.00. The lowest BCUT2D eigenvalue weighted by Crippen LogP contribution is -2.12. The van der Waals surface area contributed by atoms with Gasteiger partial charge in [-0.1, -0.05) is 6.92 Å². The molecule has 12 heavy (non-hydrogen) atoms. The fourth-order valence-corrected chi connectivity index (χ4v) is 0.562. The van der Waals surface area contributed by atoms with Crippen molar-refractivity contribution >= 4 is 23.5 Å². The van der Waals surface area contributed by atoms with Gasteiger partial charge in [0.2, 0.25) is 5.76 Å². The molecule has 0 fully saturated rings. The number of carbonyl (C=O) groups excluding carboxylic acids is 1. The maximum absolute atomic E-state index is 10.5. The van der Waals surface area contributed by atoms with Gasteiger partial charge in [-0.15, -0.1) is 11.6 Å². The summed E-state index contributed by atoms with van der Waals surface area (Å²) in [6, 6.07) is 0. The average molecular weight is 193 g/mol. The van der Waals surface area contributed by atoms with Gasteiger partial charge in [0.05, 0.1) is 0 Å². The Kier molecular flexibility index (Phi) is 5.12. The first-order chi connectivity index (χ1) is 5.61. The molecule has 0 aliphatic carbocycles. The highest BCUT2D eigenvalue weighted by atomic mass is 35.5. The maximum atomic E-state index is 10.5. The zero-order valence-corrected chi connectivity index (χ0v) is 7.30. The van der Waals surface area contributed by atoms with E-state index in [1.807, 2.05) is 0 Å². The van der Waals surface area contributed by atoms with Crippen LogP contribution in [0.25, 0.3) is 0 Å². The van der Waals surface area contributed by atoms with Gasteiger partial charge in [0, 0.05) is 0 Å². The predicted octanol–water partition coefficient (Wildman–Crippen LogP) is 1.15. The molecule has 4 nitrogen and oxygen atoms in total. The third kappa shape index (κ3) is 3.98. The van der Waals surface area contributed by atoms with E-state index >= 15 is 0 Å². The fourth-order valence-electron chi connectivity index (χ4n) is 0.508. The first-order valence-electron chi connectivity index (χ1n) is 3.31. The number of hydrogen-bond donors (Lipinski definition) is 1. The molecule has 0 amide bonds. The molecule has 5 heteroatoms. The summed E-state index contributed by atoms with van der Waals surface area (Å²) in [6.07, 6.45) is 1.78. The molecule has 0 saturated carbocycles. The normalized spacial score (nSPS) is 11.0. The van der Waals surface area contributed by atoms with Crippen LogP contribution in [0.15, 0.2) is 11.8 Å². The zero-order valence-electron chi connectivity index (χ0n) is 6.54. The Labute approximate surface area is 74.8 Å². The third-order valence-corrected chi connectivity index (χ3v) is 1.15. The summed E-state index contributed by atoms with van der Waals surface area (Å²) in [5.74, 6) is -2.76. The van der Waals surface area contributed by atoms with Gasteiger partial charge >= 0.3 is 11.9 Å². The number of alkyl halides is 1. The summed E-state index contributed by atoms with van der Waals surface area (Å²) in [6.45, 7) is 1.73. The molecule has 0 aromatic carbocycles. The van der Waals surface area contributed by atoms with Gasteiger partial charge in [-0.2, -0.15) is 0 Å². The minimum Gasteiger partial charge on any atom is -0.475 e. The first-order valence-corrected chi connectivity index (χ1v) is 3.85. The monoisotopic (exact) mass is 192 g/mol. The molecule has 0 radical (unpaired) electrons. The standard InChI is InChI=1S/C7H9ClO4/c1-2-3-5(7(10)11)12-6(9)4-8/h3H,2,4H2,1H3,(H,10,11)/b5-3+. The molecule has 1 N–H and O–H groups in total. The zero-order chi connectivity index (χ0) is 9.56. The SMILES string of the molecule is CC/C=C(/OC(=O)CCl)C(=O)O. The number of ether oxygens (including phenoxy) is 1. The number of carboxylic acid groups (broad SMARTS) is 1. The lowest BCUT2D eigenvalue weighted by atomic mass is 10.4. The molecule has 0 rings (SSSR count). The molecule has 0 unspecified atom stereocenters. The molecular weight excluding hydrogens is 184 g/mol. The summed E-state index contributed by atoms with van der Waals surface area (Å²) >= 11 is 5.11. The third-order valence-electron chi connectivity index (χ3n) is 0.933. The van der Waals surface area contributed by atoms with E-state index in [1.165, 1.54) is 6.08 Å². The molecule has 0 atom stereocenters. The van der Waals surface area contributed by atoms with E-state index in [1.54, 1.807) is 6.92 Å². The number of aliphatic carboxylic acids is 1. The van der Waals surface area contributed by atoms with Gasteiger partial charge in [-0.05, 0) is 12.5 Å². The van der Waals surface area contributed by atoms with Crippen molar-refractivity contribution in [3.63, 3.8) is 0 Å². The van der Waals surface area contributed by atoms with Crippen LogP contribution < -0.4 is 0 Å². The van der Waals surface area contributed by atoms with Crippen LogP contribution in [0, 0.1) is 0 Å². The van der Waals surface area contributed by atoms with Gasteiger partial charge in [0.1, 0.15) is 5.88 Å². The van der Waals surface area contributed by atoms with Crippen LogP contribution in [0.4, 0.5) is 0 Å². The summed E-state index contributed by atoms with van der Waals surface area (Å²) in [5, 5.41) is 8.46. The van der Waals surface area contributed by atoms with Crippen molar-refractivity contribution in [1.82, 2.24) is 0 Å². The molecule has 0 spiro atoms. The Morgan fingerprint density at radius 1 is 1.58 bits per heavy atom. The largest absolute Gasteiger partial charge is 0.475 e. The van der Waals surface area contributed by atoms with E-state index in [0.29, 0.717) is 6.42 Å². The van der Waals surface area contributed by atoms with Gasteiger partial charge in [0.15, 0.2) is 0 Å². The smallest absolute Gasteiger partial charge is 0.371 e. The molecule has 0 heterocycles. The van der Waals surface area contributed by atoms with Gasteiger partial charge < -0.3 is 9.84 Å². The molecule has 68 valence electrons. The van der Waals surface area contributed by atoms with Gasteiger partial charge in [-0.3, -0.25) is 4.79 Å². The predicted molar refractivity (Wildman–Crippen MR) is 42.8 cm³/mol. The number of rotatable bonds is 4. The van der Waals surface area contributed by atoms with Crippen molar-refractivity contribution in [1.29, 1.82) is 0 Å². The Morgan fingerprint density at radius 2 is 2.17 bits per heavy atom. The second kappa shape index (κ2) is 5.60. The second-order valence-corrected chi connectivity index (χ2v) is 2.16. The molecule has 0 saturated heterocycles. The van der Waals surface area contributed by atoms with Crippen LogP contribution in [0.5, 0.6) is 0 Å². The van der Waals surface area contributed by atoms with Crippen LogP contribution in [-0.2, 0) is 14.3 Å². The minimum atomic E-state index is -1.27. The fraction of sp³-hybridized carbons (Fsp3) is 0.429. The molecule has 0 aromatic rings. The van der Waals surface area contributed by atoms with Crippen LogP contribution in [0.3, 0.4) is 0 Å². The van der Waals surface area contributed by atoms with Crippen molar-refractivity contribution in [3.8, 4) is 0 Å². The Hall–Kier alpha value is -1.03. The van der Waals surface area contributed by atoms with Crippen molar-refractivity contribution in [2.45, 2.75) is 13.3 Å². The van der Waals surface area contributed by atoms with Crippen LogP contribution >= 0.6 is 11.6 Å². The summed E-state index contributed by atoms with van der Waals surface area (Å²) < 4.78 is 4.39. The summed E-state index contributed by atoms with van der Waals surface area (Å²) in [4.78, 5) is 20.9. The molecule has 0 bridgehead atoms. The summed E-state index contributed by atoms with van der Waals surface area (Å²) in [7, 11) is 0. The van der Waals surface area contributed by atoms with Crippen LogP contribution in [0.1, 0.15) is 13.3 Å². The Morgan fingerprint density at radius 3 is 2.50 bits per heavy atom. The van der Waals surface area contributed by atoms with Crippen molar-refractivity contribution in [2.24, 2.45) is 0 Å². The van der Waals surface area contributed by atoms with E-state index in [2.05, 4.69) is 4.74 Å². The maximum Gasteiger partial charge on any atom is 0.371 e. The minimum absolute atomic E-state index is 0.353. The van der Waals surface area contributed by atoms with E-state index in [-0.39, 0.29) is 11.6 Å². The van der Waals surface area contributed by atoms with Crippen molar-refractivity contribution in [2.75, 3.05) is 5.88 Å². The van der Waals surface area contributed by atoms with Gasteiger partial charge in [-0.25, -0.2) is 4.79 Å². The highest BCUT2D eigenvalue weighted by Crippen LogP contribution is 2.00. The van der Waals surface area contributed by atoms with E-state index in [0.717, 1.165) is 0 Å². The van der Waals surface area contributed by atoms with Crippen LogP contribution in [0.2, 0.25) is 0 Å². The molecule has 0 aliphatic heterocycles. The number of hydrogen-bond acceptors (Lipinski definition) is 3. The van der Waals surface area contributed by atoms with E-state index in [4.69, 9.17) is 16.7 Å². The number of allylic oxidation sites excluding steroid dienone is 1. The van der Waals surface area contributed by atoms with Crippen molar-refractivity contribution < 1.29 is 19.4 Å². The first kappa shape index (κ1) is 11.0. The van der Waals surface area contributed by atoms with E-state index < -0.39 is 11.9 Å². The van der Waals surface area contributed by atoms with Gasteiger partial charge in [0.25, 0.3) is 0 Å². The lowest BCUT2D eigenvalue weighted by molar-refractivity contribution is -0.146. The molecular formula is C7H9ClO4. The number of halogens is 1. The number of carboxylic acids is 1. The topological polar surface area (TPSA) is 63.6 Å².